The second-order valence-corrected chi connectivity index (χ2v) is 6.62. The Hall–Kier alpha value is -1.71. The van der Waals surface area contributed by atoms with Crippen molar-refractivity contribution in [2.24, 2.45) is 11.8 Å². The Morgan fingerprint density at radius 1 is 1.18 bits per heavy atom. The van der Waals surface area contributed by atoms with Crippen molar-refractivity contribution in [2.45, 2.75) is 44.4 Å². The van der Waals surface area contributed by atoms with Crippen LogP contribution in [0.5, 0.6) is 5.75 Å². The number of hydrogen-bond donors (Lipinski definition) is 1. The number of nitrogen functional groups attached to an aromatic ring is 1. The van der Waals surface area contributed by atoms with Gasteiger partial charge in [-0.25, -0.2) is 0 Å². The van der Waals surface area contributed by atoms with Gasteiger partial charge in [-0.05, 0) is 74.1 Å². The molecule has 0 spiro atoms. The number of anilines is 1. The highest BCUT2D eigenvalue weighted by molar-refractivity contribution is 5.72. The molecule has 0 unspecified atom stereocenters. The van der Waals surface area contributed by atoms with Gasteiger partial charge in [0.05, 0.1) is 19.6 Å². The van der Waals surface area contributed by atoms with Crippen molar-refractivity contribution in [1.82, 2.24) is 0 Å². The molecular weight excluding hydrogens is 278 g/mol. The zero-order valence-electron chi connectivity index (χ0n) is 13.2. The summed E-state index contributed by atoms with van der Waals surface area (Å²) in [5.41, 5.74) is 7.97. The van der Waals surface area contributed by atoms with Crippen molar-refractivity contribution in [3.63, 3.8) is 0 Å². The molecule has 1 aromatic rings. The number of ether oxygens (including phenoxy) is 2. The smallest absolute Gasteiger partial charge is 0.308 e. The van der Waals surface area contributed by atoms with Gasteiger partial charge in [-0.15, -0.1) is 0 Å². The first kappa shape index (κ1) is 15.2. The van der Waals surface area contributed by atoms with Crippen molar-refractivity contribution in [3.8, 4) is 5.75 Å². The van der Waals surface area contributed by atoms with Crippen LogP contribution < -0.4 is 10.5 Å². The highest BCUT2D eigenvalue weighted by atomic mass is 16.5. The van der Waals surface area contributed by atoms with E-state index in [9.17, 15) is 4.79 Å². The first-order valence-corrected chi connectivity index (χ1v) is 8.27. The van der Waals surface area contributed by atoms with Crippen LogP contribution >= 0.6 is 0 Å². The summed E-state index contributed by atoms with van der Waals surface area (Å²) in [5.74, 6) is 2.18. The van der Waals surface area contributed by atoms with Gasteiger partial charge >= 0.3 is 5.97 Å². The summed E-state index contributed by atoms with van der Waals surface area (Å²) in [4.78, 5) is 11.5. The van der Waals surface area contributed by atoms with Gasteiger partial charge in [0, 0.05) is 5.69 Å². The summed E-state index contributed by atoms with van der Waals surface area (Å²) < 4.78 is 10.9. The largest absolute Gasteiger partial charge is 0.493 e. The van der Waals surface area contributed by atoms with Crippen molar-refractivity contribution in [1.29, 1.82) is 0 Å². The third kappa shape index (κ3) is 3.54. The molecule has 4 heteroatoms. The van der Waals surface area contributed by atoms with E-state index < -0.39 is 0 Å². The molecule has 120 valence electrons. The minimum Gasteiger partial charge on any atom is -0.493 e. The van der Waals surface area contributed by atoms with Crippen LogP contribution in [0.3, 0.4) is 0 Å². The van der Waals surface area contributed by atoms with E-state index in [4.69, 9.17) is 15.2 Å². The zero-order valence-corrected chi connectivity index (χ0v) is 13.2. The van der Waals surface area contributed by atoms with Crippen LogP contribution in [0.4, 0.5) is 5.69 Å². The Labute approximate surface area is 132 Å². The van der Waals surface area contributed by atoms with Crippen LogP contribution in [-0.2, 0) is 9.53 Å². The van der Waals surface area contributed by atoms with Crippen molar-refractivity contribution >= 4 is 11.7 Å². The van der Waals surface area contributed by atoms with E-state index in [1.54, 1.807) is 0 Å². The maximum absolute atomic E-state index is 11.5. The number of nitrogens with two attached hydrogens (primary N) is 1. The van der Waals surface area contributed by atoms with E-state index in [0.29, 0.717) is 11.8 Å². The van der Waals surface area contributed by atoms with Crippen LogP contribution in [0.15, 0.2) is 18.2 Å². The van der Waals surface area contributed by atoms with Gasteiger partial charge in [0.15, 0.2) is 0 Å². The monoisotopic (exact) mass is 303 g/mol. The Bertz CT molecular complexity index is 531. The van der Waals surface area contributed by atoms with E-state index in [0.717, 1.165) is 43.7 Å². The SMILES string of the molecule is COC(=O)C1CCC(COc2ccc(N)cc2C2CC2)CC1. The number of carbonyl (C=O) groups excluding carboxylic acids is 1. The molecule has 0 aromatic heterocycles. The number of esters is 1. The van der Waals surface area contributed by atoms with Crippen molar-refractivity contribution in [3.05, 3.63) is 23.8 Å². The van der Waals surface area contributed by atoms with Gasteiger partial charge < -0.3 is 15.2 Å². The molecule has 0 saturated heterocycles. The first-order chi connectivity index (χ1) is 10.7. The number of methoxy groups -OCH3 is 1. The molecule has 0 atom stereocenters. The fourth-order valence-electron chi connectivity index (χ4n) is 3.35. The Morgan fingerprint density at radius 3 is 2.55 bits per heavy atom. The second-order valence-electron chi connectivity index (χ2n) is 6.62. The minimum atomic E-state index is -0.0612. The van der Waals surface area contributed by atoms with Crippen LogP contribution in [0.2, 0.25) is 0 Å². The van der Waals surface area contributed by atoms with Gasteiger partial charge in [0.1, 0.15) is 5.75 Å². The molecule has 1 aromatic carbocycles. The highest BCUT2D eigenvalue weighted by Gasteiger charge is 2.29. The molecule has 0 aliphatic heterocycles. The van der Waals surface area contributed by atoms with E-state index in [1.807, 2.05) is 12.1 Å². The average Bonchev–Trinajstić information content (AvgIpc) is 3.38. The third-order valence-corrected chi connectivity index (χ3v) is 4.91. The predicted molar refractivity (Wildman–Crippen MR) is 85.8 cm³/mol. The summed E-state index contributed by atoms with van der Waals surface area (Å²) >= 11 is 0. The molecule has 2 fully saturated rings. The Kier molecular flexibility index (Phi) is 4.55. The number of benzene rings is 1. The van der Waals surface area contributed by atoms with Crippen LogP contribution in [0.1, 0.15) is 50.0 Å². The summed E-state index contributed by atoms with van der Waals surface area (Å²) in [6, 6.07) is 5.97. The lowest BCUT2D eigenvalue weighted by Crippen LogP contribution is -2.25. The lowest BCUT2D eigenvalue weighted by Gasteiger charge is -2.27. The molecule has 4 nitrogen and oxygen atoms in total. The Balaban J connectivity index is 1.52. The van der Waals surface area contributed by atoms with E-state index in [2.05, 4.69) is 6.07 Å². The molecular formula is C18H25NO3. The molecule has 22 heavy (non-hydrogen) atoms. The fraction of sp³-hybridized carbons (Fsp3) is 0.611. The summed E-state index contributed by atoms with van der Waals surface area (Å²) in [5, 5.41) is 0. The molecule has 2 aliphatic carbocycles. The fourth-order valence-corrected chi connectivity index (χ4v) is 3.35. The lowest BCUT2D eigenvalue weighted by molar-refractivity contribution is -0.146. The molecule has 2 saturated carbocycles. The molecule has 0 radical (unpaired) electrons. The average molecular weight is 303 g/mol. The maximum atomic E-state index is 11.5. The van der Waals surface area contributed by atoms with Gasteiger partial charge in [-0.3, -0.25) is 4.79 Å². The Morgan fingerprint density at radius 2 is 1.91 bits per heavy atom. The van der Waals surface area contributed by atoms with E-state index >= 15 is 0 Å². The molecule has 0 heterocycles. The van der Waals surface area contributed by atoms with Crippen molar-refractivity contribution in [2.75, 3.05) is 19.5 Å². The highest BCUT2D eigenvalue weighted by Crippen LogP contribution is 2.45. The molecule has 0 amide bonds. The van der Waals surface area contributed by atoms with E-state index in [-0.39, 0.29) is 11.9 Å². The van der Waals surface area contributed by atoms with Crippen molar-refractivity contribution < 1.29 is 14.3 Å². The van der Waals surface area contributed by atoms with Gasteiger partial charge in [0.2, 0.25) is 0 Å². The molecule has 2 N–H and O–H groups in total. The van der Waals surface area contributed by atoms with E-state index in [1.165, 1.54) is 25.5 Å². The topological polar surface area (TPSA) is 61.5 Å². The summed E-state index contributed by atoms with van der Waals surface area (Å²) in [6.45, 7) is 0.734. The zero-order chi connectivity index (χ0) is 15.5. The number of rotatable bonds is 5. The standard InChI is InChI=1S/C18H25NO3/c1-21-18(20)14-4-2-12(3-5-14)11-22-17-9-8-15(19)10-16(17)13-6-7-13/h8-10,12-14H,2-7,11,19H2,1H3. The van der Waals surface area contributed by atoms with Crippen LogP contribution in [0, 0.1) is 11.8 Å². The third-order valence-electron chi connectivity index (χ3n) is 4.91. The van der Waals surface area contributed by atoms with Crippen LogP contribution in [-0.4, -0.2) is 19.7 Å². The lowest BCUT2D eigenvalue weighted by atomic mass is 9.82. The summed E-state index contributed by atoms with van der Waals surface area (Å²) in [7, 11) is 1.47. The summed E-state index contributed by atoms with van der Waals surface area (Å²) in [6.07, 6.45) is 6.38. The normalized spacial score (nSPS) is 24.8. The second kappa shape index (κ2) is 6.59. The van der Waals surface area contributed by atoms with Crippen LogP contribution in [0.25, 0.3) is 0 Å². The van der Waals surface area contributed by atoms with Gasteiger partial charge in [-0.1, -0.05) is 0 Å². The molecule has 0 bridgehead atoms. The first-order valence-electron chi connectivity index (χ1n) is 8.27. The minimum absolute atomic E-state index is 0.0612. The van der Waals surface area contributed by atoms with Gasteiger partial charge in [-0.2, -0.15) is 0 Å². The maximum Gasteiger partial charge on any atom is 0.308 e. The molecule has 3 rings (SSSR count). The predicted octanol–water partition coefficient (Wildman–Crippen LogP) is 3.50. The molecule has 2 aliphatic rings. The number of carbonyl (C=O) groups is 1. The quantitative estimate of drug-likeness (QED) is 0.668. The van der Waals surface area contributed by atoms with Gasteiger partial charge in [0.25, 0.3) is 0 Å². The number of hydrogen-bond acceptors (Lipinski definition) is 4.